The molecule has 0 aromatic heterocycles. The van der Waals surface area contributed by atoms with Gasteiger partial charge in [-0.05, 0) is 17.2 Å². The number of nitrogens with zero attached hydrogens (tertiary/aromatic N) is 3. The zero-order valence-corrected chi connectivity index (χ0v) is 12.8. The van der Waals surface area contributed by atoms with Gasteiger partial charge in [-0.15, -0.1) is 0 Å². The van der Waals surface area contributed by atoms with Crippen molar-refractivity contribution in [3.63, 3.8) is 0 Å². The van der Waals surface area contributed by atoms with E-state index >= 15 is 0 Å². The summed E-state index contributed by atoms with van der Waals surface area (Å²) in [4.78, 5) is 1.87. The van der Waals surface area contributed by atoms with Crippen LogP contribution in [0.3, 0.4) is 0 Å². The van der Waals surface area contributed by atoms with Crippen molar-refractivity contribution in [2.75, 3.05) is 6.54 Å². The van der Waals surface area contributed by atoms with Gasteiger partial charge in [0.25, 0.3) is 0 Å². The fraction of sp³-hybridized carbons (Fsp3) is 0.444. The highest BCUT2D eigenvalue weighted by Crippen LogP contribution is 2.40. The Balaban J connectivity index is 1.64. The van der Waals surface area contributed by atoms with Crippen LogP contribution in [-0.4, -0.2) is 11.4 Å². The highest BCUT2D eigenvalue weighted by Gasteiger charge is 2.11. The lowest BCUT2D eigenvalue weighted by Gasteiger charge is -2.20. The van der Waals surface area contributed by atoms with Crippen molar-refractivity contribution in [1.29, 1.82) is 0 Å². The van der Waals surface area contributed by atoms with Crippen LogP contribution in [0.4, 0.5) is 11.4 Å². The van der Waals surface area contributed by atoms with Gasteiger partial charge in [-0.25, -0.2) is 0 Å². The SMILES string of the molecule is CCCCCCCC[N+]1=Nc2cccc3cccc(c23)[N-]1. The molecule has 1 heterocycles. The predicted octanol–water partition coefficient (Wildman–Crippen LogP) is 6.23. The number of rotatable bonds is 7. The minimum absolute atomic E-state index is 0.914. The second-order valence-corrected chi connectivity index (χ2v) is 5.72. The van der Waals surface area contributed by atoms with Gasteiger partial charge in [-0.2, -0.15) is 15.3 Å². The summed E-state index contributed by atoms with van der Waals surface area (Å²) in [7, 11) is 0. The van der Waals surface area contributed by atoms with Crippen molar-refractivity contribution in [3.05, 3.63) is 41.8 Å². The van der Waals surface area contributed by atoms with E-state index < -0.39 is 0 Å². The molecule has 0 aliphatic carbocycles. The fourth-order valence-corrected chi connectivity index (χ4v) is 2.87. The van der Waals surface area contributed by atoms with Crippen LogP contribution >= 0.6 is 0 Å². The lowest BCUT2D eigenvalue weighted by atomic mass is 10.1. The Labute approximate surface area is 126 Å². The molecular weight excluding hydrogens is 258 g/mol. The average molecular weight is 281 g/mol. The van der Waals surface area contributed by atoms with Gasteiger partial charge in [-0.1, -0.05) is 69.0 Å². The van der Waals surface area contributed by atoms with Crippen molar-refractivity contribution >= 4 is 22.1 Å². The van der Waals surface area contributed by atoms with Crippen LogP contribution < -0.4 is 0 Å². The first-order chi connectivity index (χ1) is 10.4. The van der Waals surface area contributed by atoms with E-state index in [4.69, 9.17) is 0 Å². The van der Waals surface area contributed by atoms with Crippen LogP contribution in [0, 0.1) is 0 Å². The molecule has 0 unspecified atom stereocenters. The third-order valence-electron chi connectivity index (χ3n) is 4.02. The zero-order chi connectivity index (χ0) is 14.5. The topological polar surface area (TPSA) is 29.5 Å². The highest BCUT2D eigenvalue weighted by molar-refractivity contribution is 6.02. The Morgan fingerprint density at radius 3 is 2.57 bits per heavy atom. The summed E-state index contributed by atoms with van der Waals surface area (Å²) in [5, 5.41) is 7.06. The lowest BCUT2D eigenvalue weighted by Crippen LogP contribution is -2.07. The van der Waals surface area contributed by atoms with E-state index in [0.717, 1.165) is 24.3 Å². The van der Waals surface area contributed by atoms with Crippen LogP contribution in [0.15, 0.2) is 41.5 Å². The van der Waals surface area contributed by atoms with Gasteiger partial charge in [0, 0.05) is 17.8 Å². The van der Waals surface area contributed by atoms with Gasteiger partial charge in [0.15, 0.2) is 6.54 Å². The van der Waals surface area contributed by atoms with Gasteiger partial charge in [0.05, 0.1) is 0 Å². The normalized spacial score (nSPS) is 13.1. The average Bonchev–Trinajstić information content (AvgIpc) is 2.51. The maximum absolute atomic E-state index is 4.66. The third kappa shape index (κ3) is 3.23. The van der Waals surface area contributed by atoms with Crippen LogP contribution in [0.2, 0.25) is 0 Å². The van der Waals surface area contributed by atoms with Gasteiger partial charge in [0.2, 0.25) is 0 Å². The Hall–Kier alpha value is -1.90. The molecule has 1 aliphatic rings. The molecule has 0 atom stereocenters. The minimum Gasteiger partial charge on any atom is -0.186 e. The van der Waals surface area contributed by atoms with E-state index in [-0.39, 0.29) is 0 Å². The molecule has 3 nitrogen and oxygen atoms in total. The summed E-state index contributed by atoms with van der Waals surface area (Å²) in [6, 6.07) is 12.5. The van der Waals surface area contributed by atoms with Crippen LogP contribution in [-0.2, 0) is 0 Å². The second kappa shape index (κ2) is 6.70. The first-order valence-corrected chi connectivity index (χ1v) is 8.11. The molecule has 21 heavy (non-hydrogen) atoms. The number of benzene rings is 2. The Morgan fingerprint density at radius 2 is 1.71 bits per heavy atom. The Kier molecular flexibility index (Phi) is 4.49. The van der Waals surface area contributed by atoms with Crippen molar-refractivity contribution in [3.8, 4) is 0 Å². The number of unbranched alkanes of at least 4 members (excludes halogenated alkanes) is 5. The molecule has 1 aliphatic heterocycles. The molecule has 110 valence electrons. The first-order valence-electron chi connectivity index (χ1n) is 8.11. The quantitative estimate of drug-likeness (QED) is 0.425. The molecule has 0 saturated heterocycles. The summed E-state index contributed by atoms with van der Waals surface area (Å²) in [6.45, 7) is 3.17. The van der Waals surface area contributed by atoms with E-state index in [9.17, 15) is 0 Å². The van der Waals surface area contributed by atoms with E-state index in [2.05, 4.69) is 53.9 Å². The van der Waals surface area contributed by atoms with E-state index in [1.807, 2.05) is 4.81 Å². The Bertz CT molecular complexity index is 641. The zero-order valence-electron chi connectivity index (χ0n) is 12.8. The molecule has 0 N–H and O–H groups in total. The highest BCUT2D eigenvalue weighted by atomic mass is 15.6. The summed E-state index contributed by atoms with van der Waals surface area (Å²) >= 11 is 0. The van der Waals surface area contributed by atoms with E-state index in [1.54, 1.807) is 0 Å². The molecule has 0 spiro atoms. The number of hydrogen-bond acceptors (Lipinski definition) is 1. The predicted molar refractivity (Wildman–Crippen MR) is 87.6 cm³/mol. The first kappa shape index (κ1) is 14.1. The molecule has 0 fully saturated rings. The molecule has 2 aromatic rings. The second-order valence-electron chi connectivity index (χ2n) is 5.72. The maximum atomic E-state index is 4.66. The molecule has 3 rings (SSSR count). The van der Waals surface area contributed by atoms with Crippen molar-refractivity contribution in [1.82, 2.24) is 0 Å². The fourth-order valence-electron chi connectivity index (χ4n) is 2.87. The molecular formula is C18H23N3. The van der Waals surface area contributed by atoms with Gasteiger partial charge < -0.3 is 0 Å². The maximum Gasteiger partial charge on any atom is 0.162 e. The Morgan fingerprint density at radius 1 is 0.952 bits per heavy atom. The molecule has 0 radical (unpaired) electrons. The summed E-state index contributed by atoms with van der Waals surface area (Å²) in [5.74, 6) is 0. The van der Waals surface area contributed by atoms with Gasteiger partial charge in [-0.3, -0.25) is 0 Å². The number of azo groups is 1. The van der Waals surface area contributed by atoms with Gasteiger partial charge in [0.1, 0.15) is 0 Å². The van der Waals surface area contributed by atoms with Crippen LogP contribution in [0.25, 0.3) is 16.2 Å². The van der Waals surface area contributed by atoms with Gasteiger partial charge >= 0.3 is 0 Å². The van der Waals surface area contributed by atoms with Crippen LogP contribution in [0.1, 0.15) is 45.4 Å². The third-order valence-corrected chi connectivity index (χ3v) is 4.02. The minimum atomic E-state index is 0.914. The van der Waals surface area contributed by atoms with Crippen LogP contribution in [0.5, 0.6) is 0 Å². The molecule has 0 bridgehead atoms. The molecule has 0 saturated carbocycles. The van der Waals surface area contributed by atoms with E-state index in [1.165, 1.54) is 42.9 Å². The molecule has 2 aromatic carbocycles. The van der Waals surface area contributed by atoms with Crippen molar-refractivity contribution in [2.45, 2.75) is 45.4 Å². The van der Waals surface area contributed by atoms with Crippen molar-refractivity contribution < 1.29 is 4.81 Å². The lowest BCUT2D eigenvalue weighted by molar-refractivity contribution is -0.539. The smallest absolute Gasteiger partial charge is 0.162 e. The summed E-state index contributed by atoms with van der Waals surface area (Å²) in [6.07, 6.45) is 7.77. The largest absolute Gasteiger partial charge is 0.186 e. The summed E-state index contributed by atoms with van der Waals surface area (Å²) < 4.78 is 0. The standard InChI is InChI=1S/C18H23N3/c1-2-3-4-5-6-7-14-21-19-16-12-8-10-15-11-9-13-17(20-21)18(15)16/h8-13H,2-7,14H2,1H3. The van der Waals surface area contributed by atoms with Crippen molar-refractivity contribution in [2.24, 2.45) is 5.11 Å². The monoisotopic (exact) mass is 281 g/mol. The molecule has 3 heteroatoms. The summed E-state index contributed by atoms with van der Waals surface area (Å²) in [5.41, 5.74) is 6.76. The van der Waals surface area contributed by atoms with E-state index in [0.29, 0.717) is 0 Å². The molecule has 0 amide bonds. The number of hydrogen-bond donors (Lipinski definition) is 0.